The van der Waals surface area contributed by atoms with Crippen molar-refractivity contribution in [2.75, 3.05) is 13.1 Å². The average Bonchev–Trinajstić information content (AvgIpc) is 2.93. The monoisotopic (exact) mass is 514 g/mol. The molecule has 0 spiro atoms. The number of ether oxygens (including phenoxy) is 1. The van der Waals surface area contributed by atoms with Crippen molar-refractivity contribution >= 4 is 17.8 Å². The van der Waals surface area contributed by atoms with Crippen LogP contribution in [0.3, 0.4) is 0 Å². The molecule has 1 saturated heterocycles. The minimum absolute atomic E-state index is 0.0986. The van der Waals surface area contributed by atoms with Gasteiger partial charge in [-0.1, -0.05) is 72.8 Å². The first-order valence-corrected chi connectivity index (χ1v) is 13.1. The first-order chi connectivity index (χ1) is 18.5. The fourth-order valence-corrected chi connectivity index (χ4v) is 4.68. The number of hydrogen-bond donors (Lipinski definition) is 2. The molecule has 1 fully saturated rings. The van der Waals surface area contributed by atoms with Gasteiger partial charge in [-0.15, -0.1) is 0 Å². The normalized spacial score (nSPS) is 14.5. The number of carboxylic acids is 1. The summed E-state index contributed by atoms with van der Waals surface area (Å²) in [5, 5.41) is 12.4. The van der Waals surface area contributed by atoms with Crippen LogP contribution in [-0.4, -0.2) is 46.9 Å². The Balaban J connectivity index is 1.20. The number of amides is 2. The van der Waals surface area contributed by atoms with Gasteiger partial charge in [0.25, 0.3) is 0 Å². The largest absolute Gasteiger partial charge is 0.489 e. The number of carboxylic acid groups (broad SMARTS) is 1. The number of nitrogens with one attached hydrogen (secondary N) is 1. The highest BCUT2D eigenvalue weighted by Crippen LogP contribution is 2.22. The van der Waals surface area contributed by atoms with Gasteiger partial charge in [0, 0.05) is 25.9 Å². The van der Waals surface area contributed by atoms with E-state index in [0.29, 0.717) is 31.9 Å². The maximum Gasteiger partial charge on any atom is 0.326 e. The van der Waals surface area contributed by atoms with Gasteiger partial charge in [-0.05, 0) is 47.6 Å². The molecule has 38 heavy (non-hydrogen) atoms. The first-order valence-electron chi connectivity index (χ1n) is 13.1. The Bertz CT molecular complexity index is 1190. The molecule has 2 N–H and O–H groups in total. The summed E-state index contributed by atoms with van der Waals surface area (Å²) in [5.41, 5.74) is 2.86. The van der Waals surface area contributed by atoms with Crippen molar-refractivity contribution in [3.8, 4) is 5.75 Å². The third-order valence-electron chi connectivity index (χ3n) is 6.88. The number of nitrogens with zero attached hydrogens (tertiary/aromatic N) is 1. The van der Waals surface area contributed by atoms with Gasteiger partial charge in [-0.3, -0.25) is 9.59 Å². The summed E-state index contributed by atoms with van der Waals surface area (Å²) in [6, 6.07) is 25.8. The number of piperidine rings is 1. The van der Waals surface area contributed by atoms with Crippen molar-refractivity contribution in [3.05, 3.63) is 102 Å². The molecule has 3 aromatic rings. The van der Waals surface area contributed by atoms with Crippen molar-refractivity contribution < 1.29 is 24.2 Å². The summed E-state index contributed by atoms with van der Waals surface area (Å²) in [6.07, 6.45) is 2.29. The van der Waals surface area contributed by atoms with Crippen LogP contribution in [0.5, 0.6) is 5.75 Å². The smallest absolute Gasteiger partial charge is 0.326 e. The number of rotatable bonds is 11. The van der Waals surface area contributed by atoms with Crippen LogP contribution in [0.25, 0.3) is 0 Å². The van der Waals surface area contributed by atoms with Crippen LogP contribution in [0.4, 0.5) is 0 Å². The maximum absolute atomic E-state index is 12.7. The summed E-state index contributed by atoms with van der Waals surface area (Å²) < 4.78 is 5.79. The molecule has 1 heterocycles. The van der Waals surface area contributed by atoms with Gasteiger partial charge >= 0.3 is 5.97 Å². The molecule has 0 aliphatic carbocycles. The maximum atomic E-state index is 12.7. The Morgan fingerprint density at radius 3 is 2.05 bits per heavy atom. The van der Waals surface area contributed by atoms with Gasteiger partial charge in [-0.25, -0.2) is 4.79 Å². The Morgan fingerprint density at radius 1 is 0.842 bits per heavy atom. The standard InChI is InChI=1S/C31H34N2O5/c34-29(20-25-15-17-33(18-16-25)30(35)21-23-7-3-1-4-8-23)32-28(31(36)37)19-24-11-13-27(14-12-24)38-22-26-9-5-2-6-10-26/h1-14,25,28H,15-22H2,(H,32,34)(H,36,37). The van der Waals surface area contributed by atoms with Gasteiger partial charge in [0.05, 0.1) is 6.42 Å². The summed E-state index contributed by atoms with van der Waals surface area (Å²) in [6.45, 7) is 1.68. The molecular formula is C31H34N2O5. The zero-order chi connectivity index (χ0) is 26.7. The molecule has 198 valence electrons. The number of carbonyl (C=O) groups is 3. The molecule has 0 radical (unpaired) electrons. The second kappa shape index (κ2) is 13.4. The highest BCUT2D eigenvalue weighted by Gasteiger charge is 2.26. The van der Waals surface area contributed by atoms with E-state index in [0.717, 1.165) is 29.5 Å². The van der Waals surface area contributed by atoms with Gasteiger partial charge in [0.1, 0.15) is 18.4 Å². The van der Waals surface area contributed by atoms with Crippen molar-refractivity contribution in [2.45, 2.75) is 44.8 Å². The zero-order valence-corrected chi connectivity index (χ0v) is 21.4. The molecule has 0 aromatic heterocycles. The lowest BCUT2D eigenvalue weighted by atomic mass is 9.92. The number of carbonyl (C=O) groups excluding carboxylic acids is 2. The molecule has 2 amide bonds. The Labute approximate surface area is 223 Å². The van der Waals surface area contributed by atoms with Crippen LogP contribution in [0.1, 0.15) is 36.0 Å². The minimum Gasteiger partial charge on any atom is -0.489 e. The van der Waals surface area contributed by atoms with E-state index in [9.17, 15) is 19.5 Å². The van der Waals surface area contributed by atoms with Gasteiger partial charge in [0.2, 0.25) is 11.8 Å². The van der Waals surface area contributed by atoms with Crippen LogP contribution < -0.4 is 10.1 Å². The number of hydrogen-bond acceptors (Lipinski definition) is 4. The van der Waals surface area contributed by atoms with Gasteiger partial charge in [0.15, 0.2) is 0 Å². The number of aliphatic carboxylic acids is 1. The zero-order valence-electron chi connectivity index (χ0n) is 21.4. The summed E-state index contributed by atoms with van der Waals surface area (Å²) >= 11 is 0. The van der Waals surface area contributed by atoms with E-state index in [1.54, 1.807) is 0 Å². The fourth-order valence-electron chi connectivity index (χ4n) is 4.68. The van der Waals surface area contributed by atoms with E-state index in [2.05, 4.69) is 5.32 Å². The number of benzene rings is 3. The van der Waals surface area contributed by atoms with Crippen molar-refractivity contribution in [1.29, 1.82) is 0 Å². The second-order valence-electron chi connectivity index (χ2n) is 9.77. The topological polar surface area (TPSA) is 95.9 Å². The van der Waals surface area contributed by atoms with E-state index >= 15 is 0 Å². The summed E-state index contributed by atoms with van der Waals surface area (Å²) in [4.78, 5) is 39.0. The molecule has 3 aromatic carbocycles. The lowest BCUT2D eigenvalue weighted by molar-refractivity contribution is -0.142. The highest BCUT2D eigenvalue weighted by atomic mass is 16.5. The van der Waals surface area contributed by atoms with E-state index in [-0.39, 0.29) is 30.6 Å². The number of likely N-dealkylation sites (tertiary alicyclic amines) is 1. The molecule has 1 atom stereocenters. The molecule has 1 unspecified atom stereocenters. The predicted molar refractivity (Wildman–Crippen MR) is 145 cm³/mol. The molecule has 7 nitrogen and oxygen atoms in total. The van der Waals surface area contributed by atoms with Crippen LogP contribution in [0.15, 0.2) is 84.9 Å². The lowest BCUT2D eigenvalue weighted by Gasteiger charge is -2.32. The van der Waals surface area contributed by atoms with Crippen LogP contribution in [0, 0.1) is 5.92 Å². The Morgan fingerprint density at radius 2 is 1.45 bits per heavy atom. The minimum atomic E-state index is -1.07. The Hall–Kier alpha value is -4.13. The van der Waals surface area contributed by atoms with Crippen LogP contribution in [0.2, 0.25) is 0 Å². The van der Waals surface area contributed by atoms with Crippen LogP contribution in [-0.2, 0) is 33.8 Å². The Kier molecular flexibility index (Phi) is 9.51. The third kappa shape index (κ3) is 8.20. The molecule has 1 aliphatic heterocycles. The van der Waals surface area contributed by atoms with Gasteiger partial charge < -0.3 is 20.1 Å². The molecule has 4 rings (SSSR count). The molecule has 7 heteroatoms. The summed E-state index contributed by atoms with van der Waals surface area (Å²) in [7, 11) is 0. The SMILES string of the molecule is O=C(CC1CCN(C(=O)Cc2ccccc2)CC1)NC(Cc1ccc(OCc2ccccc2)cc1)C(=O)O. The van der Waals surface area contributed by atoms with Crippen LogP contribution >= 0.6 is 0 Å². The second-order valence-corrected chi connectivity index (χ2v) is 9.77. The predicted octanol–water partition coefficient (Wildman–Crippen LogP) is 4.25. The molecule has 0 bridgehead atoms. The van der Waals surface area contributed by atoms with Gasteiger partial charge in [-0.2, -0.15) is 0 Å². The van der Waals surface area contributed by atoms with E-state index in [1.807, 2.05) is 89.8 Å². The van der Waals surface area contributed by atoms with Crippen molar-refractivity contribution in [2.24, 2.45) is 5.92 Å². The lowest BCUT2D eigenvalue weighted by Crippen LogP contribution is -2.44. The fraction of sp³-hybridized carbons (Fsp3) is 0.323. The molecular weight excluding hydrogens is 480 g/mol. The van der Waals surface area contributed by atoms with E-state index in [4.69, 9.17) is 4.74 Å². The molecule has 1 aliphatic rings. The first kappa shape index (κ1) is 26.9. The van der Waals surface area contributed by atoms with E-state index in [1.165, 1.54) is 0 Å². The quantitative estimate of drug-likeness (QED) is 0.399. The average molecular weight is 515 g/mol. The highest BCUT2D eigenvalue weighted by molar-refractivity contribution is 5.84. The third-order valence-corrected chi connectivity index (χ3v) is 6.88. The van der Waals surface area contributed by atoms with Crippen molar-refractivity contribution in [1.82, 2.24) is 10.2 Å². The van der Waals surface area contributed by atoms with E-state index < -0.39 is 12.0 Å². The molecule has 0 saturated carbocycles. The summed E-state index contributed by atoms with van der Waals surface area (Å²) in [5.74, 6) is -0.409. The van der Waals surface area contributed by atoms with Crippen molar-refractivity contribution in [3.63, 3.8) is 0 Å².